The molecule has 0 aliphatic heterocycles. The highest BCUT2D eigenvalue weighted by molar-refractivity contribution is 7.10. The first-order valence-corrected chi connectivity index (χ1v) is 4.66. The topological polar surface area (TPSA) is 42.1 Å². The lowest BCUT2D eigenvalue weighted by Gasteiger charge is -2.16. The van der Waals surface area contributed by atoms with E-state index in [0.717, 1.165) is 11.5 Å². The molecule has 0 atom stereocenters. The number of nitrogens with zero attached hydrogens (tertiary/aromatic N) is 2. The number of rotatable bonds is 3. The summed E-state index contributed by atoms with van der Waals surface area (Å²) in [4.78, 5) is 1.49. The minimum atomic E-state index is -4.12. The molecular formula is C7H10F3N3S. The fraction of sp³-hybridized carbons (Fsp3) is 0.571. The van der Waals surface area contributed by atoms with Crippen LogP contribution in [0.25, 0.3) is 0 Å². The summed E-state index contributed by atoms with van der Waals surface area (Å²) in [7, 11) is 1.58. The second kappa shape index (κ2) is 4.04. The standard InChI is InChI=1S/C7H10F3N3S/c1-13(3-2-7(8,9)10)6-4-5(11)12-14-6/h4H,2-3H2,1H3,(H2,11,12). The molecule has 0 amide bonds. The number of nitrogen functional groups attached to an aromatic ring is 1. The normalized spacial score (nSPS) is 11.7. The lowest BCUT2D eigenvalue weighted by Crippen LogP contribution is -2.23. The molecule has 0 saturated carbocycles. The van der Waals surface area contributed by atoms with E-state index in [1.54, 1.807) is 13.1 Å². The van der Waals surface area contributed by atoms with Crippen molar-refractivity contribution in [1.82, 2.24) is 4.37 Å². The van der Waals surface area contributed by atoms with E-state index in [2.05, 4.69) is 4.37 Å². The number of alkyl halides is 3. The molecule has 80 valence electrons. The van der Waals surface area contributed by atoms with Crippen molar-refractivity contribution in [2.75, 3.05) is 24.2 Å². The Kier molecular flexibility index (Phi) is 3.20. The Morgan fingerprint density at radius 2 is 2.21 bits per heavy atom. The Balaban J connectivity index is 2.47. The molecule has 0 spiro atoms. The molecule has 7 heteroatoms. The van der Waals surface area contributed by atoms with Gasteiger partial charge in [-0.1, -0.05) is 0 Å². The maximum Gasteiger partial charge on any atom is 0.390 e. The molecule has 0 aliphatic carbocycles. The van der Waals surface area contributed by atoms with Gasteiger partial charge >= 0.3 is 6.18 Å². The third-order valence-corrected chi connectivity index (χ3v) is 2.54. The van der Waals surface area contributed by atoms with Crippen LogP contribution in [0.5, 0.6) is 0 Å². The van der Waals surface area contributed by atoms with Crippen LogP contribution in [0.1, 0.15) is 6.42 Å². The first-order valence-electron chi connectivity index (χ1n) is 3.88. The van der Waals surface area contributed by atoms with E-state index < -0.39 is 12.6 Å². The van der Waals surface area contributed by atoms with Crippen LogP contribution in [0.4, 0.5) is 24.0 Å². The summed E-state index contributed by atoms with van der Waals surface area (Å²) >= 11 is 1.09. The van der Waals surface area contributed by atoms with Crippen LogP contribution in [0.3, 0.4) is 0 Å². The molecule has 0 aromatic carbocycles. The third kappa shape index (κ3) is 3.41. The van der Waals surface area contributed by atoms with Crippen LogP contribution >= 0.6 is 11.5 Å². The molecule has 0 fully saturated rings. The zero-order valence-electron chi connectivity index (χ0n) is 7.51. The summed E-state index contributed by atoms with van der Waals surface area (Å²) in [6.45, 7) is -0.0782. The van der Waals surface area contributed by atoms with E-state index in [9.17, 15) is 13.2 Å². The highest BCUT2D eigenvalue weighted by atomic mass is 32.1. The zero-order valence-corrected chi connectivity index (χ0v) is 8.32. The Labute approximate surface area is 83.5 Å². The Hall–Kier alpha value is -0.980. The lowest BCUT2D eigenvalue weighted by molar-refractivity contribution is -0.132. The van der Waals surface area contributed by atoms with Gasteiger partial charge in [0.25, 0.3) is 0 Å². The molecule has 14 heavy (non-hydrogen) atoms. The van der Waals surface area contributed by atoms with E-state index >= 15 is 0 Å². The Bertz CT molecular complexity index is 297. The van der Waals surface area contributed by atoms with E-state index in [-0.39, 0.29) is 6.54 Å². The average Bonchev–Trinajstić information content (AvgIpc) is 2.46. The van der Waals surface area contributed by atoms with Gasteiger partial charge in [0, 0.05) is 19.7 Å². The summed E-state index contributed by atoms with van der Waals surface area (Å²) in [5, 5.41) is 0.645. The Morgan fingerprint density at radius 1 is 1.57 bits per heavy atom. The maximum atomic E-state index is 11.9. The first kappa shape index (κ1) is 11.1. The molecule has 0 bridgehead atoms. The maximum absolute atomic E-state index is 11.9. The predicted octanol–water partition coefficient (Wildman–Crippen LogP) is 2.11. The van der Waals surface area contributed by atoms with Crippen molar-refractivity contribution in [3.8, 4) is 0 Å². The van der Waals surface area contributed by atoms with Crippen molar-refractivity contribution in [2.45, 2.75) is 12.6 Å². The second-order valence-electron chi connectivity index (χ2n) is 2.88. The van der Waals surface area contributed by atoms with Gasteiger partial charge in [-0.3, -0.25) is 0 Å². The number of aromatic nitrogens is 1. The Morgan fingerprint density at radius 3 is 2.64 bits per heavy atom. The number of nitrogens with two attached hydrogens (primary N) is 1. The highest BCUT2D eigenvalue weighted by Gasteiger charge is 2.27. The molecule has 1 aromatic heterocycles. The highest BCUT2D eigenvalue weighted by Crippen LogP contribution is 2.25. The molecule has 0 saturated heterocycles. The van der Waals surface area contributed by atoms with Crippen LogP contribution in [-0.2, 0) is 0 Å². The molecular weight excluding hydrogens is 215 g/mol. The molecule has 1 rings (SSSR count). The van der Waals surface area contributed by atoms with Gasteiger partial charge in [-0.25, -0.2) is 0 Å². The number of halogens is 3. The minimum Gasteiger partial charge on any atom is -0.383 e. The van der Waals surface area contributed by atoms with Crippen LogP contribution < -0.4 is 10.6 Å². The number of hydrogen-bond donors (Lipinski definition) is 1. The largest absolute Gasteiger partial charge is 0.390 e. The first-order chi connectivity index (χ1) is 6.38. The van der Waals surface area contributed by atoms with E-state index in [1.807, 2.05) is 0 Å². The van der Waals surface area contributed by atoms with E-state index in [4.69, 9.17) is 5.73 Å². The molecule has 3 nitrogen and oxygen atoms in total. The van der Waals surface area contributed by atoms with Crippen LogP contribution in [0.2, 0.25) is 0 Å². The van der Waals surface area contributed by atoms with Gasteiger partial charge in [0.2, 0.25) is 0 Å². The zero-order chi connectivity index (χ0) is 10.8. The molecule has 0 aliphatic rings. The van der Waals surface area contributed by atoms with Crippen molar-refractivity contribution >= 4 is 22.4 Å². The monoisotopic (exact) mass is 225 g/mol. The average molecular weight is 225 g/mol. The molecule has 2 N–H and O–H groups in total. The van der Waals surface area contributed by atoms with Crippen LogP contribution in [-0.4, -0.2) is 24.1 Å². The van der Waals surface area contributed by atoms with Crippen molar-refractivity contribution in [3.63, 3.8) is 0 Å². The van der Waals surface area contributed by atoms with Crippen molar-refractivity contribution in [3.05, 3.63) is 6.07 Å². The number of anilines is 2. The summed E-state index contributed by atoms with van der Waals surface area (Å²) in [5.74, 6) is 0.337. The van der Waals surface area contributed by atoms with Crippen molar-refractivity contribution < 1.29 is 13.2 Å². The minimum absolute atomic E-state index is 0.0782. The van der Waals surface area contributed by atoms with Crippen molar-refractivity contribution in [2.24, 2.45) is 0 Å². The van der Waals surface area contributed by atoms with E-state index in [0.29, 0.717) is 10.8 Å². The summed E-state index contributed by atoms with van der Waals surface area (Å²) in [6.07, 6.45) is -4.95. The van der Waals surface area contributed by atoms with E-state index in [1.165, 1.54) is 4.90 Å². The molecule has 0 unspecified atom stereocenters. The van der Waals surface area contributed by atoms with Gasteiger partial charge in [0.05, 0.1) is 6.42 Å². The molecule has 1 aromatic rings. The smallest absolute Gasteiger partial charge is 0.383 e. The van der Waals surface area contributed by atoms with Crippen molar-refractivity contribution in [1.29, 1.82) is 0 Å². The molecule has 1 heterocycles. The summed E-state index contributed by atoms with van der Waals surface area (Å²) < 4.78 is 39.4. The quantitative estimate of drug-likeness (QED) is 0.856. The van der Waals surface area contributed by atoms with Gasteiger partial charge in [0.1, 0.15) is 10.8 Å². The van der Waals surface area contributed by atoms with Gasteiger partial charge in [-0.2, -0.15) is 17.5 Å². The second-order valence-corrected chi connectivity index (χ2v) is 3.66. The van der Waals surface area contributed by atoms with Gasteiger partial charge in [0.15, 0.2) is 0 Å². The van der Waals surface area contributed by atoms with Crippen LogP contribution in [0, 0.1) is 0 Å². The lowest BCUT2D eigenvalue weighted by atomic mass is 10.4. The molecule has 0 radical (unpaired) electrons. The van der Waals surface area contributed by atoms with Gasteiger partial charge in [-0.15, -0.1) is 0 Å². The fourth-order valence-corrected chi connectivity index (χ4v) is 1.52. The van der Waals surface area contributed by atoms with Gasteiger partial charge < -0.3 is 10.6 Å². The third-order valence-electron chi connectivity index (χ3n) is 1.62. The fourth-order valence-electron chi connectivity index (χ4n) is 0.863. The van der Waals surface area contributed by atoms with Crippen LogP contribution in [0.15, 0.2) is 6.07 Å². The predicted molar refractivity (Wildman–Crippen MR) is 50.5 cm³/mol. The SMILES string of the molecule is CN(CCC(F)(F)F)c1cc(N)ns1. The summed E-state index contributed by atoms with van der Waals surface area (Å²) in [6, 6.07) is 1.56. The number of hydrogen-bond acceptors (Lipinski definition) is 4. The summed E-state index contributed by atoms with van der Waals surface area (Å²) in [5.41, 5.74) is 5.35. The van der Waals surface area contributed by atoms with Gasteiger partial charge in [-0.05, 0) is 11.5 Å².